The van der Waals surface area contributed by atoms with Gasteiger partial charge in [-0.1, -0.05) is 23.7 Å². The van der Waals surface area contributed by atoms with E-state index in [4.69, 9.17) is 11.6 Å². The summed E-state index contributed by atoms with van der Waals surface area (Å²) in [5.74, 6) is 1.67. The van der Waals surface area contributed by atoms with Gasteiger partial charge in [0.1, 0.15) is 5.82 Å². The molecule has 2 heterocycles. The molecule has 0 radical (unpaired) electrons. The SMILES string of the molecule is CN(C)c1nccc(N2CCN(C(CO)c3ccc(Cl)cc3)CC2)n1. The van der Waals surface area contributed by atoms with Crippen molar-refractivity contribution in [1.29, 1.82) is 0 Å². The summed E-state index contributed by atoms with van der Waals surface area (Å²) < 4.78 is 0. The largest absolute Gasteiger partial charge is 0.394 e. The fraction of sp³-hybridized carbons (Fsp3) is 0.444. The highest BCUT2D eigenvalue weighted by Crippen LogP contribution is 2.24. The number of aliphatic hydroxyl groups is 1. The van der Waals surface area contributed by atoms with Gasteiger partial charge in [-0.2, -0.15) is 4.98 Å². The third-order valence-electron chi connectivity index (χ3n) is 4.53. The lowest BCUT2D eigenvalue weighted by molar-refractivity contribution is 0.117. The summed E-state index contributed by atoms with van der Waals surface area (Å²) in [6.07, 6.45) is 1.80. The van der Waals surface area contributed by atoms with Gasteiger partial charge < -0.3 is 14.9 Å². The number of nitrogens with zero attached hydrogens (tertiary/aromatic N) is 5. The van der Waals surface area contributed by atoms with Crippen molar-refractivity contribution in [2.75, 3.05) is 56.7 Å². The smallest absolute Gasteiger partial charge is 0.226 e. The minimum absolute atomic E-state index is 0.00199. The Hall–Kier alpha value is -1.89. The van der Waals surface area contributed by atoms with Crippen LogP contribution in [0.1, 0.15) is 11.6 Å². The Bertz CT molecular complexity index is 686. The maximum absolute atomic E-state index is 9.87. The zero-order chi connectivity index (χ0) is 17.8. The Labute approximate surface area is 153 Å². The van der Waals surface area contributed by atoms with Crippen molar-refractivity contribution >= 4 is 23.4 Å². The first kappa shape index (κ1) is 17.9. The summed E-state index contributed by atoms with van der Waals surface area (Å²) in [5.41, 5.74) is 1.09. The molecule has 0 spiro atoms. The fourth-order valence-corrected chi connectivity index (χ4v) is 3.24. The number of piperazine rings is 1. The molecule has 1 aliphatic heterocycles. The highest BCUT2D eigenvalue weighted by molar-refractivity contribution is 6.30. The monoisotopic (exact) mass is 361 g/mol. The van der Waals surface area contributed by atoms with E-state index in [-0.39, 0.29) is 12.6 Å². The van der Waals surface area contributed by atoms with Gasteiger partial charge in [-0.15, -0.1) is 0 Å². The third-order valence-corrected chi connectivity index (χ3v) is 4.79. The molecule has 0 saturated carbocycles. The van der Waals surface area contributed by atoms with E-state index in [0.717, 1.165) is 37.6 Å². The maximum atomic E-state index is 9.87. The molecule has 1 N–H and O–H groups in total. The van der Waals surface area contributed by atoms with Crippen LogP contribution < -0.4 is 9.80 Å². The predicted molar refractivity (Wildman–Crippen MR) is 101 cm³/mol. The molecule has 3 rings (SSSR count). The first-order valence-electron chi connectivity index (χ1n) is 8.44. The number of hydrogen-bond acceptors (Lipinski definition) is 6. The Morgan fingerprint density at radius 3 is 2.40 bits per heavy atom. The number of rotatable bonds is 5. The quantitative estimate of drug-likeness (QED) is 0.879. The van der Waals surface area contributed by atoms with Crippen LogP contribution in [0.2, 0.25) is 5.02 Å². The van der Waals surface area contributed by atoms with E-state index < -0.39 is 0 Å². The average molecular weight is 362 g/mol. The minimum atomic E-state index is 0.00199. The van der Waals surface area contributed by atoms with Crippen LogP contribution in [0.3, 0.4) is 0 Å². The Balaban J connectivity index is 1.66. The number of aromatic nitrogens is 2. The summed E-state index contributed by atoms with van der Waals surface area (Å²) in [6, 6.07) is 9.68. The Kier molecular flexibility index (Phi) is 5.73. The summed E-state index contributed by atoms with van der Waals surface area (Å²) in [4.78, 5) is 15.4. The second kappa shape index (κ2) is 7.99. The van der Waals surface area contributed by atoms with Gasteiger partial charge >= 0.3 is 0 Å². The van der Waals surface area contributed by atoms with Crippen LogP contribution >= 0.6 is 11.6 Å². The lowest BCUT2D eigenvalue weighted by Gasteiger charge is -2.39. The zero-order valence-corrected chi connectivity index (χ0v) is 15.4. The van der Waals surface area contributed by atoms with Crippen molar-refractivity contribution in [3.63, 3.8) is 0 Å². The molecule has 1 unspecified atom stereocenters. The van der Waals surface area contributed by atoms with Gasteiger partial charge in [0.05, 0.1) is 12.6 Å². The molecule has 2 aromatic rings. The Morgan fingerprint density at radius 1 is 1.12 bits per heavy atom. The van der Waals surface area contributed by atoms with Gasteiger partial charge in [0.15, 0.2) is 0 Å². The number of benzene rings is 1. The lowest BCUT2D eigenvalue weighted by atomic mass is 10.1. The Morgan fingerprint density at radius 2 is 1.80 bits per heavy atom. The van der Waals surface area contributed by atoms with Gasteiger partial charge in [-0.25, -0.2) is 4.98 Å². The van der Waals surface area contributed by atoms with Crippen molar-refractivity contribution in [1.82, 2.24) is 14.9 Å². The second-order valence-electron chi connectivity index (χ2n) is 6.38. The standard InChI is InChI=1S/C18H24ClN5O/c1-22(2)18-20-8-7-17(21-18)24-11-9-23(10-12-24)16(13-25)14-3-5-15(19)6-4-14/h3-8,16,25H,9-13H2,1-2H3. The van der Waals surface area contributed by atoms with E-state index in [1.807, 2.05) is 49.3 Å². The summed E-state index contributed by atoms with van der Waals surface area (Å²) in [5, 5.41) is 10.6. The number of hydrogen-bond donors (Lipinski definition) is 1. The highest BCUT2D eigenvalue weighted by atomic mass is 35.5. The molecular weight excluding hydrogens is 338 g/mol. The van der Waals surface area contributed by atoms with Gasteiger partial charge in [-0.05, 0) is 23.8 Å². The molecule has 1 saturated heterocycles. The van der Waals surface area contributed by atoms with E-state index >= 15 is 0 Å². The van der Waals surface area contributed by atoms with Crippen molar-refractivity contribution in [2.45, 2.75) is 6.04 Å². The van der Waals surface area contributed by atoms with Crippen LogP contribution in [-0.2, 0) is 0 Å². The van der Waals surface area contributed by atoms with Gasteiger partial charge in [0.25, 0.3) is 0 Å². The zero-order valence-electron chi connectivity index (χ0n) is 14.6. The van der Waals surface area contributed by atoms with E-state index in [2.05, 4.69) is 19.8 Å². The van der Waals surface area contributed by atoms with Crippen LogP contribution in [0.4, 0.5) is 11.8 Å². The van der Waals surface area contributed by atoms with Crippen molar-refractivity contribution in [3.05, 3.63) is 47.1 Å². The van der Waals surface area contributed by atoms with Gasteiger partial charge in [-0.3, -0.25) is 4.90 Å². The summed E-state index contributed by atoms with van der Waals surface area (Å²) >= 11 is 5.97. The molecule has 7 heteroatoms. The van der Waals surface area contributed by atoms with Gasteiger partial charge in [0, 0.05) is 51.5 Å². The molecule has 134 valence electrons. The van der Waals surface area contributed by atoms with Gasteiger partial charge in [0.2, 0.25) is 5.95 Å². The average Bonchev–Trinajstić information content (AvgIpc) is 2.64. The molecule has 0 amide bonds. The molecule has 1 aromatic carbocycles. The highest BCUT2D eigenvalue weighted by Gasteiger charge is 2.25. The first-order valence-corrected chi connectivity index (χ1v) is 8.82. The van der Waals surface area contributed by atoms with Crippen LogP contribution in [0.5, 0.6) is 0 Å². The van der Waals surface area contributed by atoms with Crippen molar-refractivity contribution in [3.8, 4) is 0 Å². The number of halogens is 1. The third kappa shape index (κ3) is 4.21. The van der Waals surface area contributed by atoms with E-state index in [1.54, 1.807) is 6.20 Å². The molecule has 1 fully saturated rings. The molecule has 1 aliphatic rings. The van der Waals surface area contributed by atoms with E-state index in [9.17, 15) is 5.11 Å². The number of aliphatic hydroxyl groups excluding tert-OH is 1. The molecule has 0 aliphatic carbocycles. The molecule has 0 bridgehead atoms. The van der Waals surface area contributed by atoms with Crippen LogP contribution in [0.25, 0.3) is 0 Å². The molecule has 1 aromatic heterocycles. The first-order chi connectivity index (χ1) is 12.1. The van der Waals surface area contributed by atoms with Crippen molar-refractivity contribution < 1.29 is 5.11 Å². The minimum Gasteiger partial charge on any atom is -0.394 e. The number of anilines is 2. The summed E-state index contributed by atoms with van der Waals surface area (Å²) in [7, 11) is 3.88. The predicted octanol–water partition coefficient (Wildman–Crippen LogP) is 2.05. The maximum Gasteiger partial charge on any atom is 0.226 e. The molecule has 1 atom stereocenters. The molecular formula is C18H24ClN5O. The lowest BCUT2D eigenvalue weighted by Crippen LogP contribution is -2.48. The normalized spacial score (nSPS) is 16.7. The fourth-order valence-electron chi connectivity index (χ4n) is 3.11. The summed E-state index contributed by atoms with van der Waals surface area (Å²) in [6.45, 7) is 3.58. The van der Waals surface area contributed by atoms with Crippen LogP contribution in [0, 0.1) is 0 Å². The van der Waals surface area contributed by atoms with Crippen LogP contribution in [-0.4, -0.2) is 66.9 Å². The van der Waals surface area contributed by atoms with Crippen LogP contribution in [0.15, 0.2) is 36.5 Å². The topological polar surface area (TPSA) is 55.7 Å². The molecule has 25 heavy (non-hydrogen) atoms. The molecule has 6 nitrogen and oxygen atoms in total. The van der Waals surface area contributed by atoms with Crippen molar-refractivity contribution in [2.24, 2.45) is 0 Å². The van der Waals surface area contributed by atoms with E-state index in [0.29, 0.717) is 11.0 Å². The second-order valence-corrected chi connectivity index (χ2v) is 6.82. The van der Waals surface area contributed by atoms with E-state index in [1.165, 1.54) is 0 Å².